The molecule has 1 aliphatic carbocycles. The van der Waals surface area contributed by atoms with Crippen LogP contribution in [0.5, 0.6) is 0 Å². The molecule has 1 aromatic carbocycles. The lowest BCUT2D eigenvalue weighted by Gasteiger charge is -2.01. The number of Topliss-reactive ketones (excluding diaryl/α,β-unsaturated/α-hetero) is 1. The first-order valence-corrected chi connectivity index (χ1v) is 5.91. The minimum Gasteiger partial charge on any atom is -0.481 e. The molecule has 1 aromatic rings. The third-order valence-corrected chi connectivity index (χ3v) is 3.91. The van der Waals surface area contributed by atoms with Gasteiger partial charge in [-0.3, -0.25) is 9.59 Å². The van der Waals surface area contributed by atoms with Gasteiger partial charge in [0.2, 0.25) is 0 Å². The summed E-state index contributed by atoms with van der Waals surface area (Å²) in [6.07, 6.45) is 0. The molecule has 0 bridgehead atoms. The molecule has 0 aliphatic heterocycles. The van der Waals surface area contributed by atoms with E-state index in [2.05, 4.69) is 0 Å². The quantitative estimate of drug-likeness (QED) is 0.861. The second-order valence-electron chi connectivity index (χ2n) is 4.24. The van der Waals surface area contributed by atoms with Gasteiger partial charge in [0.25, 0.3) is 0 Å². The number of hydrogen-bond acceptors (Lipinski definition) is 2. The van der Waals surface area contributed by atoms with E-state index in [1.165, 1.54) is 6.07 Å². The highest BCUT2D eigenvalue weighted by atomic mass is 35.5. The van der Waals surface area contributed by atoms with Gasteiger partial charge in [-0.15, -0.1) is 0 Å². The van der Waals surface area contributed by atoms with Crippen molar-refractivity contribution in [2.45, 2.75) is 6.92 Å². The van der Waals surface area contributed by atoms with Crippen LogP contribution in [0.4, 0.5) is 0 Å². The van der Waals surface area contributed by atoms with Crippen LogP contribution in [-0.2, 0) is 4.79 Å². The van der Waals surface area contributed by atoms with Crippen molar-refractivity contribution in [3.05, 3.63) is 33.8 Å². The first kappa shape index (κ1) is 12.4. The number of carbonyl (C=O) groups excluding carboxylic acids is 1. The van der Waals surface area contributed by atoms with Gasteiger partial charge in [-0.2, -0.15) is 0 Å². The maximum atomic E-state index is 12.0. The maximum Gasteiger partial charge on any atom is 0.307 e. The molecule has 0 heterocycles. The standard InChI is InChI=1S/C12H10Cl2O3/c1-5-9(10(5)12(16)17)11(15)6-2-3-7(13)8(14)4-6/h2-5,9-10H,1H3,(H,16,17). The molecule has 3 unspecified atom stereocenters. The monoisotopic (exact) mass is 272 g/mol. The number of ketones is 1. The van der Waals surface area contributed by atoms with Gasteiger partial charge in [-0.05, 0) is 24.1 Å². The van der Waals surface area contributed by atoms with E-state index in [-0.39, 0.29) is 11.7 Å². The lowest BCUT2D eigenvalue weighted by molar-refractivity contribution is -0.139. The summed E-state index contributed by atoms with van der Waals surface area (Å²) in [4.78, 5) is 22.9. The first-order chi connectivity index (χ1) is 7.93. The molecule has 17 heavy (non-hydrogen) atoms. The number of hydrogen-bond donors (Lipinski definition) is 1. The van der Waals surface area contributed by atoms with Gasteiger partial charge >= 0.3 is 5.97 Å². The molecule has 0 radical (unpaired) electrons. The van der Waals surface area contributed by atoms with Crippen LogP contribution >= 0.6 is 23.2 Å². The molecule has 1 fully saturated rings. The Labute approximate surface area is 108 Å². The predicted molar refractivity (Wildman–Crippen MR) is 64.6 cm³/mol. The molecule has 90 valence electrons. The summed E-state index contributed by atoms with van der Waals surface area (Å²) in [6, 6.07) is 4.59. The van der Waals surface area contributed by atoms with E-state index < -0.39 is 17.8 Å². The Bertz CT molecular complexity index is 499. The summed E-state index contributed by atoms with van der Waals surface area (Å²) in [5.74, 6) is -2.23. The Morgan fingerprint density at radius 3 is 2.29 bits per heavy atom. The largest absolute Gasteiger partial charge is 0.481 e. The lowest BCUT2D eigenvalue weighted by atomic mass is 10.1. The molecular formula is C12H10Cl2O3. The fourth-order valence-corrected chi connectivity index (χ4v) is 2.38. The molecule has 3 nitrogen and oxygen atoms in total. The van der Waals surface area contributed by atoms with Gasteiger partial charge in [-0.1, -0.05) is 30.1 Å². The van der Waals surface area contributed by atoms with Crippen molar-refractivity contribution in [3.63, 3.8) is 0 Å². The van der Waals surface area contributed by atoms with Crippen molar-refractivity contribution in [1.82, 2.24) is 0 Å². The third kappa shape index (κ3) is 2.17. The van der Waals surface area contributed by atoms with Gasteiger partial charge in [0.15, 0.2) is 5.78 Å². The van der Waals surface area contributed by atoms with Gasteiger partial charge in [0, 0.05) is 11.5 Å². The maximum absolute atomic E-state index is 12.0. The van der Waals surface area contributed by atoms with E-state index in [9.17, 15) is 9.59 Å². The topological polar surface area (TPSA) is 54.4 Å². The van der Waals surface area contributed by atoms with E-state index in [0.717, 1.165) is 0 Å². The van der Waals surface area contributed by atoms with E-state index in [1.807, 2.05) is 0 Å². The van der Waals surface area contributed by atoms with Gasteiger partial charge in [0.1, 0.15) is 0 Å². The fourth-order valence-electron chi connectivity index (χ4n) is 2.08. The fraction of sp³-hybridized carbons (Fsp3) is 0.333. The smallest absolute Gasteiger partial charge is 0.307 e. The van der Waals surface area contributed by atoms with Crippen LogP contribution in [0.2, 0.25) is 10.0 Å². The highest BCUT2D eigenvalue weighted by Crippen LogP contribution is 2.48. The summed E-state index contributed by atoms with van der Waals surface area (Å²) in [6.45, 7) is 1.76. The Morgan fingerprint density at radius 1 is 1.18 bits per heavy atom. The van der Waals surface area contributed by atoms with Gasteiger partial charge < -0.3 is 5.11 Å². The Kier molecular flexibility index (Phi) is 3.15. The number of carboxylic acids is 1. The van der Waals surface area contributed by atoms with Gasteiger partial charge in [0.05, 0.1) is 16.0 Å². The highest BCUT2D eigenvalue weighted by Gasteiger charge is 2.56. The van der Waals surface area contributed by atoms with E-state index in [4.69, 9.17) is 28.3 Å². The number of carboxylic acid groups (broad SMARTS) is 1. The zero-order valence-corrected chi connectivity index (χ0v) is 10.5. The summed E-state index contributed by atoms with van der Waals surface area (Å²) < 4.78 is 0. The molecule has 1 N–H and O–H groups in total. The van der Waals surface area contributed by atoms with E-state index in [1.54, 1.807) is 19.1 Å². The normalized spacial score (nSPS) is 26.6. The summed E-state index contributed by atoms with van der Waals surface area (Å²) >= 11 is 11.6. The number of rotatable bonds is 3. The van der Waals surface area contributed by atoms with Crippen molar-refractivity contribution in [1.29, 1.82) is 0 Å². The molecule has 0 amide bonds. The van der Waals surface area contributed by atoms with Crippen LogP contribution in [0.1, 0.15) is 17.3 Å². The second kappa shape index (κ2) is 4.31. The van der Waals surface area contributed by atoms with Crippen molar-refractivity contribution < 1.29 is 14.7 Å². The van der Waals surface area contributed by atoms with Crippen molar-refractivity contribution in [2.75, 3.05) is 0 Å². The van der Waals surface area contributed by atoms with E-state index in [0.29, 0.717) is 15.6 Å². The lowest BCUT2D eigenvalue weighted by Crippen LogP contribution is -2.08. The van der Waals surface area contributed by atoms with Crippen molar-refractivity contribution >= 4 is 35.0 Å². The molecule has 1 saturated carbocycles. The molecule has 0 aromatic heterocycles. The minimum atomic E-state index is -0.920. The number of aliphatic carboxylic acids is 1. The summed E-state index contributed by atoms with van der Waals surface area (Å²) in [7, 11) is 0. The zero-order chi connectivity index (χ0) is 12.7. The molecule has 1 aliphatic rings. The molecule has 3 atom stereocenters. The van der Waals surface area contributed by atoms with Crippen LogP contribution in [-0.4, -0.2) is 16.9 Å². The zero-order valence-electron chi connectivity index (χ0n) is 8.98. The molecular weight excluding hydrogens is 263 g/mol. The first-order valence-electron chi connectivity index (χ1n) is 5.15. The molecule has 0 saturated heterocycles. The van der Waals surface area contributed by atoms with E-state index >= 15 is 0 Å². The Morgan fingerprint density at radius 2 is 1.82 bits per heavy atom. The van der Waals surface area contributed by atoms with Crippen molar-refractivity contribution in [2.24, 2.45) is 17.8 Å². The predicted octanol–water partition coefficient (Wildman–Crippen LogP) is 3.14. The van der Waals surface area contributed by atoms with Crippen LogP contribution in [0, 0.1) is 17.8 Å². The number of carbonyl (C=O) groups is 2. The summed E-state index contributed by atoms with van der Waals surface area (Å²) in [5, 5.41) is 9.57. The molecule has 2 rings (SSSR count). The van der Waals surface area contributed by atoms with Crippen LogP contribution in [0.25, 0.3) is 0 Å². The van der Waals surface area contributed by atoms with Crippen LogP contribution in [0.15, 0.2) is 18.2 Å². The molecule has 5 heteroatoms. The molecule has 0 spiro atoms. The Hall–Kier alpha value is -1.06. The average molecular weight is 273 g/mol. The second-order valence-corrected chi connectivity index (χ2v) is 5.06. The van der Waals surface area contributed by atoms with Crippen LogP contribution < -0.4 is 0 Å². The Balaban J connectivity index is 2.22. The SMILES string of the molecule is CC1C(C(=O)O)C1C(=O)c1ccc(Cl)c(Cl)c1. The highest BCUT2D eigenvalue weighted by molar-refractivity contribution is 6.42. The minimum absolute atomic E-state index is 0.116. The van der Waals surface area contributed by atoms with Crippen molar-refractivity contribution in [3.8, 4) is 0 Å². The van der Waals surface area contributed by atoms with Gasteiger partial charge in [-0.25, -0.2) is 0 Å². The third-order valence-electron chi connectivity index (χ3n) is 3.17. The number of benzene rings is 1. The summed E-state index contributed by atoms with van der Waals surface area (Å²) in [5.41, 5.74) is 0.417. The van der Waals surface area contributed by atoms with Crippen LogP contribution in [0.3, 0.4) is 0 Å². The average Bonchev–Trinajstić information content (AvgIpc) is 2.93. The number of halogens is 2.